The van der Waals surface area contributed by atoms with Gasteiger partial charge in [-0.2, -0.15) is 20.5 Å². The SMILES string of the molecule is CC(C)c1n[nH]c([C@H]2CN(Cc3cn[nH]n3)C[C@@H]2C2CC2)n1. The lowest BCUT2D eigenvalue weighted by Gasteiger charge is -2.14. The van der Waals surface area contributed by atoms with Crippen LogP contribution in [0.3, 0.4) is 0 Å². The maximum absolute atomic E-state index is 4.76. The van der Waals surface area contributed by atoms with Crippen molar-refractivity contribution in [2.75, 3.05) is 13.1 Å². The molecular formula is C15H23N7. The second-order valence-corrected chi connectivity index (χ2v) is 7.00. The lowest BCUT2D eigenvalue weighted by atomic mass is 9.91. The molecule has 1 saturated carbocycles. The predicted molar refractivity (Wildman–Crippen MR) is 81.1 cm³/mol. The molecule has 2 aromatic rings. The van der Waals surface area contributed by atoms with Gasteiger partial charge in [-0.25, -0.2) is 4.98 Å². The van der Waals surface area contributed by atoms with Crippen molar-refractivity contribution in [3.8, 4) is 0 Å². The highest BCUT2D eigenvalue weighted by atomic mass is 15.3. The molecule has 1 aliphatic heterocycles. The van der Waals surface area contributed by atoms with E-state index in [9.17, 15) is 0 Å². The molecule has 118 valence electrons. The Labute approximate surface area is 129 Å². The summed E-state index contributed by atoms with van der Waals surface area (Å²) in [6.07, 6.45) is 4.54. The van der Waals surface area contributed by atoms with Crippen LogP contribution in [-0.2, 0) is 6.54 Å². The van der Waals surface area contributed by atoms with Crippen LogP contribution < -0.4 is 0 Å². The monoisotopic (exact) mass is 301 g/mol. The molecule has 0 spiro atoms. The van der Waals surface area contributed by atoms with Crippen molar-refractivity contribution in [1.82, 2.24) is 35.5 Å². The topological polar surface area (TPSA) is 86.4 Å². The van der Waals surface area contributed by atoms with Gasteiger partial charge in [0.1, 0.15) is 5.82 Å². The Balaban J connectivity index is 1.51. The Morgan fingerprint density at radius 1 is 1.27 bits per heavy atom. The zero-order valence-electron chi connectivity index (χ0n) is 13.2. The van der Waals surface area contributed by atoms with Crippen molar-refractivity contribution in [3.05, 3.63) is 23.5 Å². The summed E-state index contributed by atoms with van der Waals surface area (Å²) >= 11 is 0. The minimum absolute atomic E-state index is 0.372. The van der Waals surface area contributed by atoms with Gasteiger partial charge < -0.3 is 0 Å². The van der Waals surface area contributed by atoms with E-state index in [1.54, 1.807) is 0 Å². The zero-order valence-corrected chi connectivity index (χ0v) is 13.2. The summed E-state index contributed by atoms with van der Waals surface area (Å²) in [5.41, 5.74) is 1.01. The maximum atomic E-state index is 4.76. The van der Waals surface area contributed by atoms with Crippen LogP contribution in [0.5, 0.6) is 0 Å². The molecule has 7 nitrogen and oxygen atoms in total. The molecule has 2 aliphatic rings. The van der Waals surface area contributed by atoms with Gasteiger partial charge in [0.05, 0.1) is 11.9 Å². The molecule has 3 heterocycles. The first-order valence-corrected chi connectivity index (χ1v) is 8.20. The Bertz CT molecular complexity index is 614. The number of hydrogen-bond acceptors (Lipinski definition) is 5. The minimum atomic E-state index is 0.372. The van der Waals surface area contributed by atoms with E-state index in [1.165, 1.54) is 12.8 Å². The van der Waals surface area contributed by atoms with E-state index in [0.29, 0.717) is 17.8 Å². The van der Waals surface area contributed by atoms with E-state index in [0.717, 1.165) is 42.9 Å². The summed E-state index contributed by atoms with van der Waals surface area (Å²) in [6, 6.07) is 0. The van der Waals surface area contributed by atoms with Gasteiger partial charge in [-0.3, -0.25) is 10.00 Å². The predicted octanol–water partition coefficient (Wildman–Crippen LogP) is 1.67. The molecule has 0 aromatic carbocycles. The Hall–Kier alpha value is -1.76. The lowest BCUT2D eigenvalue weighted by molar-refractivity contribution is 0.306. The summed E-state index contributed by atoms with van der Waals surface area (Å²) < 4.78 is 0. The first-order valence-electron chi connectivity index (χ1n) is 8.20. The molecule has 2 atom stereocenters. The maximum Gasteiger partial charge on any atom is 0.153 e. The van der Waals surface area contributed by atoms with E-state index in [4.69, 9.17) is 4.98 Å². The molecule has 0 amide bonds. The summed E-state index contributed by atoms with van der Waals surface area (Å²) in [5, 5.41) is 18.4. The molecule has 4 rings (SSSR count). The van der Waals surface area contributed by atoms with Gasteiger partial charge in [0.25, 0.3) is 0 Å². The van der Waals surface area contributed by atoms with Crippen molar-refractivity contribution >= 4 is 0 Å². The van der Waals surface area contributed by atoms with Crippen LogP contribution in [0, 0.1) is 11.8 Å². The minimum Gasteiger partial charge on any atom is -0.296 e. The second kappa shape index (κ2) is 5.46. The highest BCUT2D eigenvalue weighted by Gasteiger charge is 2.44. The molecule has 2 N–H and O–H groups in total. The van der Waals surface area contributed by atoms with Crippen molar-refractivity contribution < 1.29 is 0 Å². The fourth-order valence-electron chi connectivity index (χ4n) is 3.58. The molecule has 22 heavy (non-hydrogen) atoms. The standard InChI is InChI=1S/C15H23N7/c1-9(2)14-17-15(20-19-14)13-8-22(6-11-5-16-21-18-11)7-12(13)10-3-4-10/h5,9-10,12-13H,3-4,6-8H2,1-2H3,(H,16,18,21)(H,17,19,20)/t12-,13+/m1/s1. The molecule has 0 unspecified atom stereocenters. The van der Waals surface area contributed by atoms with Gasteiger partial charge in [-0.1, -0.05) is 13.8 Å². The third-order valence-electron chi connectivity index (χ3n) is 4.91. The van der Waals surface area contributed by atoms with E-state index >= 15 is 0 Å². The van der Waals surface area contributed by atoms with Crippen LogP contribution >= 0.6 is 0 Å². The van der Waals surface area contributed by atoms with Gasteiger partial charge in [0.15, 0.2) is 5.82 Å². The molecule has 2 fully saturated rings. The van der Waals surface area contributed by atoms with Crippen molar-refractivity contribution in [2.24, 2.45) is 11.8 Å². The number of H-pyrrole nitrogens is 2. The van der Waals surface area contributed by atoms with Crippen LogP contribution in [0.4, 0.5) is 0 Å². The molecule has 1 saturated heterocycles. The largest absolute Gasteiger partial charge is 0.296 e. The third kappa shape index (κ3) is 2.65. The Morgan fingerprint density at radius 2 is 2.14 bits per heavy atom. The van der Waals surface area contributed by atoms with Crippen LogP contribution in [0.25, 0.3) is 0 Å². The molecule has 1 aliphatic carbocycles. The summed E-state index contributed by atoms with van der Waals surface area (Å²) in [4.78, 5) is 7.23. The summed E-state index contributed by atoms with van der Waals surface area (Å²) in [6.45, 7) is 7.29. The van der Waals surface area contributed by atoms with Crippen molar-refractivity contribution in [3.63, 3.8) is 0 Å². The Morgan fingerprint density at radius 3 is 2.77 bits per heavy atom. The van der Waals surface area contributed by atoms with Crippen molar-refractivity contribution in [2.45, 2.75) is 45.1 Å². The van der Waals surface area contributed by atoms with Crippen LogP contribution in [0.2, 0.25) is 0 Å². The fourth-order valence-corrected chi connectivity index (χ4v) is 3.58. The number of hydrogen-bond donors (Lipinski definition) is 2. The lowest BCUT2D eigenvalue weighted by Crippen LogP contribution is -2.20. The molecule has 0 bridgehead atoms. The molecular weight excluding hydrogens is 278 g/mol. The Kier molecular flexibility index (Phi) is 3.44. The van der Waals surface area contributed by atoms with Gasteiger partial charge in [0.2, 0.25) is 0 Å². The number of aromatic nitrogens is 6. The number of aromatic amines is 2. The number of nitrogens with one attached hydrogen (secondary N) is 2. The summed E-state index contributed by atoms with van der Waals surface area (Å²) in [5.74, 6) is 4.40. The van der Waals surface area contributed by atoms with Gasteiger partial charge in [-0.15, -0.1) is 0 Å². The normalized spacial score (nSPS) is 26.1. The second-order valence-electron chi connectivity index (χ2n) is 7.00. The molecule has 0 radical (unpaired) electrons. The average Bonchev–Trinajstić information content (AvgIpc) is 2.96. The molecule has 2 aromatic heterocycles. The first kappa shape index (κ1) is 13.9. The quantitative estimate of drug-likeness (QED) is 0.877. The van der Waals surface area contributed by atoms with Gasteiger partial charge >= 0.3 is 0 Å². The number of rotatable bonds is 5. The van der Waals surface area contributed by atoms with E-state index in [2.05, 4.69) is 44.4 Å². The number of likely N-dealkylation sites (tertiary alicyclic amines) is 1. The highest BCUT2D eigenvalue weighted by molar-refractivity contribution is 5.10. The van der Waals surface area contributed by atoms with Crippen LogP contribution in [0.1, 0.15) is 55.9 Å². The molecule has 7 heteroatoms. The fraction of sp³-hybridized carbons (Fsp3) is 0.733. The third-order valence-corrected chi connectivity index (χ3v) is 4.91. The van der Waals surface area contributed by atoms with E-state index < -0.39 is 0 Å². The van der Waals surface area contributed by atoms with Crippen LogP contribution in [0.15, 0.2) is 6.20 Å². The van der Waals surface area contributed by atoms with Crippen molar-refractivity contribution in [1.29, 1.82) is 0 Å². The smallest absolute Gasteiger partial charge is 0.153 e. The van der Waals surface area contributed by atoms with Crippen LogP contribution in [-0.4, -0.2) is 48.6 Å². The summed E-state index contributed by atoms with van der Waals surface area (Å²) in [7, 11) is 0. The number of nitrogens with zero attached hydrogens (tertiary/aromatic N) is 5. The highest BCUT2D eigenvalue weighted by Crippen LogP contribution is 2.47. The zero-order chi connectivity index (χ0) is 15.1. The average molecular weight is 301 g/mol. The van der Waals surface area contributed by atoms with E-state index in [1.807, 2.05) is 6.20 Å². The van der Waals surface area contributed by atoms with E-state index in [-0.39, 0.29) is 0 Å². The van der Waals surface area contributed by atoms with Gasteiger partial charge in [-0.05, 0) is 24.7 Å². The van der Waals surface area contributed by atoms with Gasteiger partial charge in [0, 0.05) is 31.5 Å². The first-order chi connectivity index (χ1) is 10.7.